The molecule has 0 aliphatic rings. The summed E-state index contributed by atoms with van der Waals surface area (Å²) in [7, 11) is 0. The summed E-state index contributed by atoms with van der Waals surface area (Å²) >= 11 is 0. The van der Waals surface area contributed by atoms with Crippen LogP contribution in [-0.2, 0) is 4.74 Å². The van der Waals surface area contributed by atoms with Gasteiger partial charge in [0, 0.05) is 0 Å². The quantitative estimate of drug-likeness (QED) is 0.794. The van der Waals surface area contributed by atoms with Gasteiger partial charge in [0.1, 0.15) is 0 Å². The van der Waals surface area contributed by atoms with E-state index in [0.29, 0.717) is 5.69 Å². The van der Waals surface area contributed by atoms with Crippen LogP contribution in [0.3, 0.4) is 0 Å². The van der Waals surface area contributed by atoms with Crippen molar-refractivity contribution in [1.29, 1.82) is 0 Å². The number of ether oxygens (including phenoxy) is 1. The van der Waals surface area contributed by atoms with E-state index >= 15 is 0 Å². The Kier molecular flexibility index (Phi) is 3.64. The molecule has 0 amide bonds. The van der Waals surface area contributed by atoms with Gasteiger partial charge < -0.3 is 4.74 Å². The van der Waals surface area contributed by atoms with Crippen LogP contribution in [0.1, 0.15) is 35.6 Å². The van der Waals surface area contributed by atoms with Gasteiger partial charge in [-0.2, -0.15) is 0 Å². The second-order valence-corrected chi connectivity index (χ2v) is 4.73. The number of hydrogen-bond donors (Lipinski definition) is 0. The fraction of sp³-hybridized carbons (Fsp3) is 0.357. The number of esters is 1. The zero-order valence-electron chi connectivity index (χ0n) is 11.5. The monoisotopic (exact) mass is 259 g/mol. The van der Waals surface area contributed by atoms with Gasteiger partial charge in [-0.05, 0) is 45.4 Å². The average Bonchev–Trinajstić information content (AvgIpc) is 2.70. The molecule has 1 aromatic carbocycles. The zero-order chi connectivity index (χ0) is 14.0. The molecule has 0 saturated carbocycles. The minimum atomic E-state index is -0.439. The molecule has 0 spiro atoms. The molecule has 5 nitrogen and oxygen atoms in total. The molecule has 0 atom stereocenters. The summed E-state index contributed by atoms with van der Waals surface area (Å²) in [5, 5.41) is 7.93. The molecule has 0 fully saturated rings. The van der Waals surface area contributed by atoms with Crippen LogP contribution in [-0.4, -0.2) is 27.1 Å². The van der Waals surface area contributed by atoms with Gasteiger partial charge in [0.25, 0.3) is 0 Å². The molecule has 2 aromatic rings. The molecule has 0 unspecified atom stereocenters. The van der Waals surface area contributed by atoms with Crippen LogP contribution in [0.2, 0.25) is 0 Å². The van der Waals surface area contributed by atoms with Gasteiger partial charge in [0.15, 0.2) is 5.69 Å². The van der Waals surface area contributed by atoms with Crippen molar-refractivity contribution in [1.82, 2.24) is 15.0 Å². The molecule has 1 aromatic heterocycles. The number of carbonyl (C=O) groups is 1. The average molecular weight is 259 g/mol. The first-order chi connectivity index (χ1) is 8.99. The largest absolute Gasteiger partial charge is 0.458 e. The Morgan fingerprint density at radius 3 is 2.68 bits per heavy atom. The summed E-state index contributed by atoms with van der Waals surface area (Å²) in [5.41, 5.74) is 2.94. The smallest absolute Gasteiger partial charge is 0.361 e. The predicted octanol–water partition coefficient (Wildman–Crippen LogP) is 2.45. The minimum Gasteiger partial charge on any atom is -0.458 e. The number of benzene rings is 1. The van der Waals surface area contributed by atoms with Crippen LogP contribution in [0.15, 0.2) is 24.3 Å². The Morgan fingerprint density at radius 2 is 2.05 bits per heavy atom. The van der Waals surface area contributed by atoms with E-state index in [2.05, 4.69) is 10.3 Å². The first-order valence-corrected chi connectivity index (χ1v) is 6.19. The topological polar surface area (TPSA) is 57.0 Å². The van der Waals surface area contributed by atoms with Crippen molar-refractivity contribution in [3.8, 4) is 5.69 Å². The third-order valence-corrected chi connectivity index (χ3v) is 2.68. The molecule has 0 radical (unpaired) electrons. The second-order valence-electron chi connectivity index (χ2n) is 4.73. The summed E-state index contributed by atoms with van der Waals surface area (Å²) in [6, 6.07) is 7.85. The van der Waals surface area contributed by atoms with Crippen molar-refractivity contribution in [2.45, 2.75) is 33.8 Å². The van der Waals surface area contributed by atoms with Gasteiger partial charge in [-0.3, -0.25) is 0 Å². The highest BCUT2D eigenvalue weighted by molar-refractivity contribution is 5.88. The van der Waals surface area contributed by atoms with Crippen LogP contribution in [0.5, 0.6) is 0 Å². The molecule has 0 bridgehead atoms. The van der Waals surface area contributed by atoms with Crippen molar-refractivity contribution in [3.05, 3.63) is 41.2 Å². The lowest BCUT2D eigenvalue weighted by Gasteiger charge is -2.07. The van der Waals surface area contributed by atoms with E-state index in [-0.39, 0.29) is 11.8 Å². The molecule has 0 aliphatic heterocycles. The molecule has 0 saturated heterocycles. The van der Waals surface area contributed by atoms with E-state index in [1.54, 1.807) is 25.5 Å². The van der Waals surface area contributed by atoms with Crippen molar-refractivity contribution < 1.29 is 9.53 Å². The molecule has 2 rings (SSSR count). The number of aromatic nitrogens is 3. The van der Waals surface area contributed by atoms with Gasteiger partial charge in [-0.15, -0.1) is 5.10 Å². The second kappa shape index (κ2) is 5.22. The van der Waals surface area contributed by atoms with E-state index in [1.807, 2.05) is 31.2 Å². The van der Waals surface area contributed by atoms with E-state index in [4.69, 9.17) is 4.74 Å². The highest BCUT2D eigenvalue weighted by Gasteiger charge is 2.19. The summed E-state index contributed by atoms with van der Waals surface area (Å²) in [5.74, 6) is -0.439. The highest BCUT2D eigenvalue weighted by Crippen LogP contribution is 2.14. The number of nitrogens with zero attached hydrogens (tertiary/aromatic N) is 3. The third-order valence-electron chi connectivity index (χ3n) is 2.68. The van der Waals surface area contributed by atoms with Crippen molar-refractivity contribution >= 4 is 5.97 Å². The maximum absolute atomic E-state index is 11.8. The summed E-state index contributed by atoms with van der Waals surface area (Å²) < 4.78 is 6.78. The summed E-state index contributed by atoms with van der Waals surface area (Å²) in [6.07, 6.45) is -0.170. The van der Waals surface area contributed by atoms with E-state index in [0.717, 1.165) is 11.3 Å². The van der Waals surface area contributed by atoms with Gasteiger partial charge in [0.2, 0.25) is 0 Å². The van der Waals surface area contributed by atoms with Crippen LogP contribution >= 0.6 is 0 Å². The van der Waals surface area contributed by atoms with E-state index in [9.17, 15) is 4.79 Å². The molecule has 100 valence electrons. The van der Waals surface area contributed by atoms with Crippen LogP contribution in [0.4, 0.5) is 0 Å². The lowest BCUT2D eigenvalue weighted by molar-refractivity contribution is 0.0370. The van der Waals surface area contributed by atoms with Crippen LogP contribution in [0, 0.1) is 13.8 Å². The third kappa shape index (κ3) is 2.81. The van der Waals surface area contributed by atoms with E-state index < -0.39 is 5.97 Å². The maximum atomic E-state index is 11.8. The van der Waals surface area contributed by atoms with Gasteiger partial charge in [0.05, 0.1) is 17.5 Å². The molecule has 1 heterocycles. The van der Waals surface area contributed by atoms with Gasteiger partial charge in [-0.25, -0.2) is 9.48 Å². The predicted molar refractivity (Wildman–Crippen MR) is 71.4 cm³/mol. The number of aryl methyl sites for hydroxylation is 1. The van der Waals surface area contributed by atoms with Crippen LogP contribution < -0.4 is 0 Å². The fourth-order valence-corrected chi connectivity index (χ4v) is 1.79. The lowest BCUT2D eigenvalue weighted by atomic mass is 10.2. The number of carbonyl (C=O) groups excluding carboxylic acids is 1. The molecule has 5 heteroatoms. The standard InChI is InChI=1S/C14H17N3O2/c1-9(2)19-14(18)13-11(4)17(16-15-13)12-7-5-6-10(3)8-12/h5-9H,1-4H3. The molecule has 19 heavy (non-hydrogen) atoms. The Labute approximate surface area is 112 Å². The fourth-order valence-electron chi connectivity index (χ4n) is 1.79. The van der Waals surface area contributed by atoms with E-state index in [1.165, 1.54) is 0 Å². The van der Waals surface area contributed by atoms with Crippen molar-refractivity contribution in [3.63, 3.8) is 0 Å². The molecular weight excluding hydrogens is 242 g/mol. The van der Waals surface area contributed by atoms with Crippen molar-refractivity contribution in [2.24, 2.45) is 0 Å². The number of rotatable bonds is 3. The Balaban J connectivity index is 2.35. The summed E-state index contributed by atoms with van der Waals surface area (Å²) in [4.78, 5) is 11.8. The molecular formula is C14H17N3O2. The molecule has 0 N–H and O–H groups in total. The SMILES string of the molecule is Cc1cccc(-n2nnc(C(=O)OC(C)C)c2C)c1. The normalized spacial score (nSPS) is 10.8. The van der Waals surface area contributed by atoms with Crippen LogP contribution in [0.25, 0.3) is 5.69 Å². The Morgan fingerprint density at radius 1 is 1.32 bits per heavy atom. The van der Waals surface area contributed by atoms with Gasteiger partial charge in [-0.1, -0.05) is 17.3 Å². The maximum Gasteiger partial charge on any atom is 0.361 e. The minimum absolute atomic E-state index is 0.170. The summed E-state index contributed by atoms with van der Waals surface area (Å²) in [6.45, 7) is 7.42. The lowest BCUT2D eigenvalue weighted by Crippen LogP contribution is -2.13. The Bertz CT molecular complexity index is 602. The zero-order valence-corrected chi connectivity index (χ0v) is 11.5. The first-order valence-electron chi connectivity index (χ1n) is 6.19. The van der Waals surface area contributed by atoms with Crippen molar-refractivity contribution in [2.75, 3.05) is 0 Å². The number of hydrogen-bond acceptors (Lipinski definition) is 4. The molecule has 0 aliphatic carbocycles. The Hall–Kier alpha value is -2.17. The van der Waals surface area contributed by atoms with Gasteiger partial charge >= 0.3 is 5.97 Å². The first kappa shape index (κ1) is 13.3. The highest BCUT2D eigenvalue weighted by atomic mass is 16.5.